The average Bonchev–Trinajstić information content (AvgIpc) is 2.85. The van der Waals surface area contributed by atoms with Gasteiger partial charge in [0.05, 0.1) is 5.56 Å². The maximum Gasteiger partial charge on any atom is 0.416 e. The molecular formula is C16H21F3N2O2. The van der Waals surface area contributed by atoms with Crippen LogP contribution in [0.3, 0.4) is 0 Å². The molecule has 0 unspecified atom stereocenters. The molecule has 7 heteroatoms. The highest BCUT2D eigenvalue weighted by molar-refractivity contribution is 5.68. The van der Waals surface area contributed by atoms with Gasteiger partial charge in [-0.15, -0.1) is 0 Å². The Bertz CT molecular complexity index is 567. The number of carbonyl (C=O) groups excluding carboxylic acids is 1. The summed E-state index contributed by atoms with van der Waals surface area (Å²) in [6, 6.07) is 4.98. The zero-order chi connectivity index (χ0) is 17.3. The molecule has 0 spiro atoms. The first-order valence-electron chi connectivity index (χ1n) is 7.46. The Morgan fingerprint density at radius 2 is 2.00 bits per heavy atom. The van der Waals surface area contributed by atoms with E-state index in [1.165, 1.54) is 6.07 Å². The summed E-state index contributed by atoms with van der Waals surface area (Å²) >= 11 is 0. The number of anilines is 1. The van der Waals surface area contributed by atoms with E-state index >= 15 is 0 Å². The molecule has 1 atom stereocenters. The summed E-state index contributed by atoms with van der Waals surface area (Å²) in [5, 5.41) is 3.05. The highest BCUT2D eigenvalue weighted by atomic mass is 19.4. The lowest BCUT2D eigenvalue weighted by atomic mass is 10.1. The van der Waals surface area contributed by atoms with Gasteiger partial charge < -0.3 is 15.0 Å². The topological polar surface area (TPSA) is 41.6 Å². The van der Waals surface area contributed by atoms with Crippen molar-refractivity contribution >= 4 is 11.8 Å². The molecule has 0 saturated carbocycles. The summed E-state index contributed by atoms with van der Waals surface area (Å²) in [7, 11) is 0. The van der Waals surface area contributed by atoms with E-state index in [1.807, 2.05) is 0 Å². The third-order valence-corrected chi connectivity index (χ3v) is 3.40. The van der Waals surface area contributed by atoms with E-state index < -0.39 is 23.4 Å². The lowest BCUT2D eigenvalue weighted by Crippen LogP contribution is -2.36. The van der Waals surface area contributed by atoms with Crippen molar-refractivity contribution in [3.05, 3.63) is 29.8 Å². The highest BCUT2D eigenvalue weighted by Crippen LogP contribution is 2.31. The number of hydrogen-bond donors (Lipinski definition) is 1. The normalized spacial score (nSPS) is 18.9. The maximum atomic E-state index is 12.7. The van der Waals surface area contributed by atoms with Crippen LogP contribution in [0.4, 0.5) is 23.7 Å². The minimum absolute atomic E-state index is 0.0917. The van der Waals surface area contributed by atoms with E-state index in [0.29, 0.717) is 25.2 Å². The van der Waals surface area contributed by atoms with Crippen LogP contribution in [0.2, 0.25) is 0 Å². The molecule has 1 aromatic carbocycles. The minimum Gasteiger partial charge on any atom is -0.444 e. The smallest absolute Gasteiger partial charge is 0.416 e. The first-order valence-corrected chi connectivity index (χ1v) is 7.46. The van der Waals surface area contributed by atoms with Crippen LogP contribution in [0.15, 0.2) is 24.3 Å². The number of alkyl halides is 3. The van der Waals surface area contributed by atoms with E-state index in [1.54, 1.807) is 31.7 Å². The number of rotatable bonds is 2. The fraction of sp³-hybridized carbons (Fsp3) is 0.562. The van der Waals surface area contributed by atoms with E-state index in [9.17, 15) is 18.0 Å². The lowest BCUT2D eigenvalue weighted by Gasteiger charge is -2.24. The van der Waals surface area contributed by atoms with Crippen LogP contribution >= 0.6 is 0 Å². The molecule has 1 aliphatic heterocycles. The van der Waals surface area contributed by atoms with Crippen LogP contribution in [-0.4, -0.2) is 35.7 Å². The molecule has 23 heavy (non-hydrogen) atoms. The molecule has 128 valence electrons. The molecule has 1 aliphatic rings. The quantitative estimate of drug-likeness (QED) is 0.886. The molecule has 1 fully saturated rings. The number of halogens is 3. The number of amides is 1. The standard InChI is InChI=1S/C16H21F3N2O2/c1-15(2,3)23-14(22)21-8-7-13(10-21)20-12-6-4-5-11(9-12)16(17,18)19/h4-6,9,13,20H,7-8,10H2,1-3H3/t13-/m0/s1. The molecule has 0 radical (unpaired) electrons. The molecule has 2 rings (SSSR count). The van der Waals surface area contributed by atoms with Gasteiger partial charge in [-0.1, -0.05) is 6.07 Å². The van der Waals surface area contributed by atoms with Gasteiger partial charge >= 0.3 is 12.3 Å². The largest absolute Gasteiger partial charge is 0.444 e. The second-order valence-corrected chi connectivity index (χ2v) is 6.63. The molecule has 1 aromatic rings. The van der Waals surface area contributed by atoms with Crippen molar-refractivity contribution < 1.29 is 22.7 Å². The fourth-order valence-electron chi connectivity index (χ4n) is 2.39. The van der Waals surface area contributed by atoms with Gasteiger partial charge in [-0.2, -0.15) is 13.2 Å². The summed E-state index contributed by atoms with van der Waals surface area (Å²) < 4.78 is 43.4. The number of hydrogen-bond acceptors (Lipinski definition) is 3. The fourth-order valence-corrected chi connectivity index (χ4v) is 2.39. The highest BCUT2D eigenvalue weighted by Gasteiger charge is 2.32. The zero-order valence-corrected chi connectivity index (χ0v) is 13.4. The van der Waals surface area contributed by atoms with Crippen molar-refractivity contribution in [1.82, 2.24) is 4.90 Å². The monoisotopic (exact) mass is 330 g/mol. The molecule has 1 N–H and O–H groups in total. The Balaban J connectivity index is 1.95. The van der Waals surface area contributed by atoms with Gasteiger partial charge in [0.25, 0.3) is 0 Å². The summed E-state index contributed by atoms with van der Waals surface area (Å²) in [5.74, 6) is 0. The Morgan fingerprint density at radius 1 is 1.30 bits per heavy atom. The van der Waals surface area contributed by atoms with Crippen molar-refractivity contribution in [2.24, 2.45) is 0 Å². The summed E-state index contributed by atoms with van der Waals surface area (Å²) in [5.41, 5.74) is -0.857. The van der Waals surface area contributed by atoms with Gasteiger partial charge in [0.2, 0.25) is 0 Å². The van der Waals surface area contributed by atoms with Gasteiger partial charge in [0.15, 0.2) is 0 Å². The number of nitrogens with zero attached hydrogens (tertiary/aromatic N) is 1. The predicted octanol–water partition coefficient (Wildman–Crippen LogP) is 4.13. The van der Waals surface area contributed by atoms with E-state index in [4.69, 9.17) is 4.74 Å². The second kappa shape index (κ2) is 6.29. The van der Waals surface area contributed by atoms with Crippen LogP contribution < -0.4 is 5.32 Å². The van der Waals surface area contributed by atoms with Gasteiger partial charge in [0.1, 0.15) is 5.60 Å². The van der Waals surface area contributed by atoms with Crippen molar-refractivity contribution in [3.63, 3.8) is 0 Å². The minimum atomic E-state index is -4.37. The predicted molar refractivity (Wildman–Crippen MR) is 81.3 cm³/mol. The van der Waals surface area contributed by atoms with Crippen molar-refractivity contribution in [3.8, 4) is 0 Å². The Hall–Kier alpha value is -1.92. The summed E-state index contributed by atoms with van der Waals surface area (Å²) in [6.07, 6.45) is -4.10. The Kier molecular flexibility index (Phi) is 4.77. The molecule has 0 bridgehead atoms. The van der Waals surface area contributed by atoms with Gasteiger partial charge in [-0.3, -0.25) is 0 Å². The molecule has 4 nitrogen and oxygen atoms in total. The van der Waals surface area contributed by atoms with Crippen LogP contribution in [0.25, 0.3) is 0 Å². The number of carbonyl (C=O) groups is 1. The first-order chi connectivity index (χ1) is 10.5. The van der Waals surface area contributed by atoms with Crippen molar-refractivity contribution in [1.29, 1.82) is 0 Å². The maximum absolute atomic E-state index is 12.7. The average molecular weight is 330 g/mol. The van der Waals surface area contributed by atoms with Gasteiger partial charge in [-0.25, -0.2) is 4.79 Å². The van der Waals surface area contributed by atoms with Gasteiger partial charge in [-0.05, 0) is 45.4 Å². The summed E-state index contributed by atoms with van der Waals surface area (Å²) in [4.78, 5) is 13.5. The van der Waals surface area contributed by atoms with Crippen LogP contribution in [0, 0.1) is 0 Å². The molecular weight excluding hydrogens is 309 g/mol. The van der Waals surface area contributed by atoms with Crippen molar-refractivity contribution in [2.75, 3.05) is 18.4 Å². The zero-order valence-electron chi connectivity index (χ0n) is 13.4. The first kappa shape index (κ1) is 17.4. The molecule has 1 amide bonds. The third kappa shape index (κ3) is 5.04. The third-order valence-electron chi connectivity index (χ3n) is 3.40. The summed E-state index contributed by atoms with van der Waals surface area (Å²) in [6.45, 7) is 6.30. The number of benzene rings is 1. The van der Waals surface area contributed by atoms with E-state index in [2.05, 4.69) is 5.32 Å². The van der Waals surface area contributed by atoms with E-state index in [-0.39, 0.29) is 6.04 Å². The molecule has 0 aliphatic carbocycles. The lowest BCUT2D eigenvalue weighted by molar-refractivity contribution is -0.137. The number of nitrogens with one attached hydrogen (secondary N) is 1. The van der Waals surface area contributed by atoms with Crippen LogP contribution in [0.5, 0.6) is 0 Å². The Morgan fingerprint density at radius 3 is 2.61 bits per heavy atom. The number of likely N-dealkylation sites (tertiary alicyclic amines) is 1. The van der Waals surface area contributed by atoms with E-state index in [0.717, 1.165) is 12.1 Å². The van der Waals surface area contributed by atoms with Crippen molar-refractivity contribution in [2.45, 2.75) is 45.0 Å². The van der Waals surface area contributed by atoms with Crippen LogP contribution in [0.1, 0.15) is 32.8 Å². The van der Waals surface area contributed by atoms with Gasteiger partial charge in [0, 0.05) is 24.8 Å². The molecule has 1 saturated heterocycles. The second-order valence-electron chi connectivity index (χ2n) is 6.63. The number of ether oxygens (including phenoxy) is 1. The molecule has 0 aromatic heterocycles. The SMILES string of the molecule is CC(C)(C)OC(=O)N1CC[C@H](Nc2cccc(C(F)(F)F)c2)C1. The Labute approximate surface area is 133 Å². The molecule has 1 heterocycles. The van der Waals surface area contributed by atoms with Crippen LogP contribution in [-0.2, 0) is 10.9 Å².